The molecular formula is C13H16BrN3O. The molecule has 0 fully saturated rings. The van der Waals surface area contributed by atoms with E-state index in [1.807, 2.05) is 12.1 Å². The first-order valence-electron chi connectivity index (χ1n) is 6.02. The molecule has 0 aliphatic carbocycles. The molecule has 1 N–H and O–H groups in total. The normalized spacial score (nSPS) is 10.8. The Morgan fingerprint density at radius 1 is 1.39 bits per heavy atom. The Kier molecular flexibility index (Phi) is 4.49. The van der Waals surface area contributed by atoms with Crippen LogP contribution in [0.15, 0.2) is 29.0 Å². The van der Waals surface area contributed by atoms with Gasteiger partial charge in [-0.15, -0.1) is 0 Å². The molecule has 18 heavy (non-hydrogen) atoms. The third-order valence-electron chi connectivity index (χ3n) is 2.83. The fraction of sp³-hybridized carbons (Fsp3) is 0.385. The summed E-state index contributed by atoms with van der Waals surface area (Å²) in [6.45, 7) is 4.02. The summed E-state index contributed by atoms with van der Waals surface area (Å²) in [6.07, 6.45) is 4.34. The van der Waals surface area contributed by atoms with E-state index in [4.69, 9.17) is 5.11 Å². The van der Waals surface area contributed by atoms with Crippen molar-refractivity contribution < 1.29 is 5.11 Å². The van der Waals surface area contributed by atoms with Crippen LogP contribution in [0.5, 0.6) is 0 Å². The fourth-order valence-corrected chi connectivity index (χ4v) is 2.28. The van der Waals surface area contributed by atoms with E-state index in [1.165, 1.54) is 0 Å². The maximum Gasteiger partial charge on any atom is 0.112 e. The van der Waals surface area contributed by atoms with E-state index < -0.39 is 0 Å². The van der Waals surface area contributed by atoms with Gasteiger partial charge in [-0.3, -0.25) is 9.97 Å². The lowest BCUT2D eigenvalue weighted by atomic mass is 10.2. The molecule has 0 spiro atoms. The number of halogens is 1. The van der Waals surface area contributed by atoms with E-state index in [-0.39, 0.29) is 6.61 Å². The molecule has 2 heterocycles. The van der Waals surface area contributed by atoms with Gasteiger partial charge >= 0.3 is 0 Å². The molecule has 0 saturated heterocycles. The predicted octanol–water partition coefficient (Wildman–Crippen LogP) is 2.60. The zero-order valence-electron chi connectivity index (χ0n) is 10.3. The van der Waals surface area contributed by atoms with Crippen molar-refractivity contribution in [1.29, 1.82) is 0 Å². The molecule has 0 atom stereocenters. The third kappa shape index (κ3) is 2.79. The van der Waals surface area contributed by atoms with Gasteiger partial charge in [0.2, 0.25) is 0 Å². The molecule has 0 unspecified atom stereocenters. The van der Waals surface area contributed by atoms with Crippen molar-refractivity contribution in [2.24, 2.45) is 0 Å². The van der Waals surface area contributed by atoms with Crippen molar-refractivity contribution in [3.8, 4) is 0 Å². The second-order valence-corrected chi connectivity index (χ2v) is 4.92. The zero-order chi connectivity index (χ0) is 13.0. The molecule has 0 aliphatic rings. The summed E-state index contributed by atoms with van der Waals surface area (Å²) in [5.41, 5.74) is 2.85. The lowest BCUT2D eigenvalue weighted by molar-refractivity contribution is 0.289. The SMILES string of the molecule is CCN(CCCO)c1ccnc2cc(Br)cnc12. The van der Waals surface area contributed by atoms with Gasteiger partial charge in [-0.05, 0) is 41.4 Å². The molecule has 96 valence electrons. The molecule has 0 saturated carbocycles. The van der Waals surface area contributed by atoms with Crippen molar-refractivity contribution in [1.82, 2.24) is 9.97 Å². The van der Waals surface area contributed by atoms with Gasteiger partial charge in [0.15, 0.2) is 0 Å². The largest absolute Gasteiger partial charge is 0.396 e. The third-order valence-corrected chi connectivity index (χ3v) is 3.27. The molecule has 0 aliphatic heterocycles. The monoisotopic (exact) mass is 309 g/mol. The Morgan fingerprint density at radius 2 is 2.22 bits per heavy atom. The molecule has 5 heteroatoms. The summed E-state index contributed by atoms with van der Waals surface area (Å²) in [5.74, 6) is 0. The topological polar surface area (TPSA) is 49.2 Å². The van der Waals surface area contributed by atoms with Crippen LogP contribution in [0.25, 0.3) is 11.0 Å². The van der Waals surface area contributed by atoms with Crippen LogP contribution < -0.4 is 4.90 Å². The molecule has 0 aromatic carbocycles. The van der Waals surface area contributed by atoms with E-state index >= 15 is 0 Å². The second kappa shape index (κ2) is 6.11. The minimum absolute atomic E-state index is 0.207. The average Bonchev–Trinajstić information content (AvgIpc) is 2.39. The summed E-state index contributed by atoms with van der Waals surface area (Å²) in [7, 11) is 0. The minimum atomic E-state index is 0.207. The molecule has 2 aromatic rings. The minimum Gasteiger partial charge on any atom is -0.396 e. The fourth-order valence-electron chi connectivity index (χ4n) is 1.96. The van der Waals surface area contributed by atoms with E-state index in [9.17, 15) is 0 Å². The molecule has 2 aromatic heterocycles. The number of hydrogen-bond acceptors (Lipinski definition) is 4. The van der Waals surface area contributed by atoms with Crippen molar-refractivity contribution in [2.75, 3.05) is 24.6 Å². The molecule has 2 rings (SSSR count). The van der Waals surface area contributed by atoms with Gasteiger partial charge in [0, 0.05) is 36.6 Å². The zero-order valence-corrected chi connectivity index (χ0v) is 11.9. The Balaban J connectivity index is 2.42. The lowest BCUT2D eigenvalue weighted by Gasteiger charge is -2.23. The number of fused-ring (bicyclic) bond motifs is 1. The summed E-state index contributed by atoms with van der Waals surface area (Å²) >= 11 is 3.40. The average molecular weight is 310 g/mol. The van der Waals surface area contributed by atoms with Crippen molar-refractivity contribution in [3.63, 3.8) is 0 Å². The molecule has 0 radical (unpaired) electrons. The highest BCUT2D eigenvalue weighted by Gasteiger charge is 2.10. The van der Waals surface area contributed by atoms with E-state index in [2.05, 4.69) is 37.7 Å². The highest BCUT2D eigenvalue weighted by atomic mass is 79.9. The van der Waals surface area contributed by atoms with Crippen LogP contribution in [0.1, 0.15) is 13.3 Å². The first-order valence-corrected chi connectivity index (χ1v) is 6.81. The van der Waals surface area contributed by atoms with Crippen LogP contribution in [0, 0.1) is 0 Å². The highest BCUT2D eigenvalue weighted by molar-refractivity contribution is 9.10. The van der Waals surface area contributed by atoms with Gasteiger partial charge in [-0.2, -0.15) is 0 Å². The number of rotatable bonds is 5. The van der Waals surface area contributed by atoms with E-state index in [0.29, 0.717) is 0 Å². The second-order valence-electron chi connectivity index (χ2n) is 4.01. The smallest absolute Gasteiger partial charge is 0.112 e. The Hall–Kier alpha value is -1.20. The van der Waals surface area contributed by atoms with Crippen molar-refractivity contribution in [2.45, 2.75) is 13.3 Å². The molecule has 0 amide bonds. The van der Waals surface area contributed by atoms with Gasteiger partial charge in [-0.25, -0.2) is 0 Å². The quantitative estimate of drug-likeness (QED) is 0.922. The first-order chi connectivity index (χ1) is 8.76. The summed E-state index contributed by atoms with van der Waals surface area (Å²) < 4.78 is 0.929. The van der Waals surface area contributed by atoms with Crippen molar-refractivity contribution >= 4 is 32.7 Å². The number of hydrogen-bond donors (Lipinski definition) is 1. The number of anilines is 1. The maximum absolute atomic E-state index is 8.95. The van der Waals surface area contributed by atoms with Crippen LogP contribution in [-0.2, 0) is 0 Å². The lowest BCUT2D eigenvalue weighted by Crippen LogP contribution is -2.25. The number of aromatic nitrogens is 2. The summed E-state index contributed by atoms with van der Waals surface area (Å²) in [6, 6.07) is 3.94. The number of aliphatic hydroxyl groups is 1. The van der Waals surface area contributed by atoms with Crippen LogP contribution in [0.3, 0.4) is 0 Å². The number of aliphatic hydroxyl groups excluding tert-OH is 1. The summed E-state index contributed by atoms with van der Waals surface area (Å²) in [5, 5.41) is 8.95. The first kappa shape index (κ1) is 13.2. The van der Waals surface area contributed by atoms with Crippen LogP contribution >= 0.6 is 15.9 Å². The Morgan fingerprint density at radius 3 is 2.94 bits per heavy atom. The predicted molar refractivity (Wildman–Crippen MR) is 76.8 cm³/mol. The Labute approximate surface area is 115 Å². The number of pyridine rings is 2. The number of nitrogens with zero attached hydrogens (tertiary/aromatic N) is 3. The van der Waals surface area contributed by atoms with E-state index in [1.54, 1.807) is 12.4 Å². The molecular weight excluding hydrogens is 294 g/mol. The standard InChI is InChI=1S/C13H16BrN3O/c1-2-17(6-3-7-18)12-4-5-15-11-8-10(14)9-16-13(11)12/h4-5,8-9,18H,2-3,6-7H2,1H3. The van der Waals surface area contributed by atoms with Gasteiger partial charge < -0.3 is 10.0 Å². The van der Waals surface area contributed by atoms with Gasteiger partial charge in [0.05, 0.1) is 11.2 Å². The molecule has 0 bridgehead atoms. The van der Waals surface area contributed by atoms with Crippen LogP contribution in [0.2, 0.25) is 0 Å². The highest BCUT2D eigenvalue weighted by Crippen LogP contribution is 2.25. The van der Waals surface area contributed by atoms with Crippen molar-refractivity contribution in [3.05, 3.63) is 29.0 Å². The van der Waals surface area contributed by atoms with E-state index in [0.717, 1.165) is 40.7 Å². The van der Waals surface area contributed by atoms with Gasteiger partial charge in [0.1, 0.15) is 5.52 Å². The summed E-state index contributed by atoms with van der Waals surface area (Å²) in [4.78, 5) is 11.0. The molecule has 4 nitrogen and oxygen atoms in total. The van der Waals surface area contributed by atoms with Gasteiger partial charge in [-0.1, -0.05) is 0 Å². The Bertz CT molecular complexity index is 533. The van der Waals surface area contributed by atoms with Gasteiger partial charge in [0.25, 0.3) is 0 Å². The van der Waals surface area contributed by atoms with Crippen LogP contribution in [0.4, 0.5) is 5.69 Å². The maximum atomic E-state index is 8.95. The van der Waals surface area contributed by atoms with Crippen LogP contribution in [-0.4, -0.2) is 34.8 Å².